The third kappa shape index (κ3) is 4.18. The molecular weight excluding hydrogens is 444 g/mol. The fraction of sp³-hybridized carbons (Fsp3) is 0.304. The molecule has 2 aromatic rings. The van der Waals surface area contributed by atoms with Crippen LogP contribution in [-0.2, 0) is 4.79 Å². The van der Waals surface area contributed by atoms with Crippen LogP contribution in [0, 0.1) is 13.8 Å². The predicted molar refractivity (Wildman–Crippen MR) is 130 cm³/mol. The fourth-order valence-electron chi connectivity index (χ4n) is 4.21. The van der Waals surface area contributed by atoms with Crippen LogP contribution in [0.4, 0.5) is 5.69 Å². The van der Waals surface area contributed by atoms with Gasteiger partial charge in [0.2, 0.25) is 5.91 Å². The molecule has 166 valence electrons. The Morgan fingerprint density at radius 3 is 2.78 bits per heavy atom. The summed E-state index contributed by atoms with van der Waals surface area (Å²) < 4.78 is 0. The molecule has 3 heterocycles. The maximum absolute atomic E-state index is 12.4. The molecule has 3 unspecified atom stereocenters. The number of nitrogens with zero attached hydrogens (tertiary/aromatic N) is 3. The molecular formula is C23H25ClN6OS. The summed E-state index contributed by atoms with van der Waals surface area (Å²) in [5.74, 6) is 0.196. The Morgan fingerprint density at radius 2 is 2.00 bits per heavy atom. The zero-order chi connectivity index (χ0) is 22.2. The van der Waals surface area contributed by atoms with E-state index in [4.69, 9.17) is 11.6 Å². The predicted octanol–water partition coefficient (Wildman–Crippen LogP) is 3.94. The minimum Gasteiger partial charge on any atom is -0.325 e. The molecule has 5 rings (SSSR count). The summed E-state index contributed by atoms with van der Waals surface area (Å²) in [4.78, 5) is 14.5. The van der Waals surface area contributed by atoms with E-state index in [0.717, 1.165) is 17.3 Å². The lowest BCUT2D eigenvalue weighted by Crippen LogP contribution is -2.54. The Morgan fingerprint density at radius 1 is 1.19 bits per heavy atom. The molecule has 3 atom stereocenters. The van der Waals surface area contributed by atoms with E-state index in [1.165, 1.54) is 28.5 Å². The number of anilines is 1. The van der Waals surface area contributed by atoms with Crippen LogP contribution in [0.3, 0.4) is 0 Å². The zero-order valence-electron chi connectivity index (χ0n) is 17.9. The number of hydrazine groups is 1. The topological polar surface area (TPSA) is 72.0 Å². The van der Waals surface area contributed by atoms with Gasteiger partial charge < -0.3 is 15.2 Å². The van der Waals surface area contributed by atoms with Crippen LogP contribution in [0.25, 0.3) is 0 Å². The largest absolute Gasteiger partial charge is 0.325 e. The van der Waals surface area contributed by atoms with Crippen molar-refractivity contribution in [3.8, 4) is 0 Å². The second-order valence-corrected chi connectivity index (χ2v) is 9.63. The lowest BCUT2D eigenvalue weighted by atomic mass is 9.97. The quantitative estimate of drug-likeness (QED) is 0.631. The van der Waals surface area contributed by atoms with Crippen molar-refractivity contribution in [2.24, 2.45) is 5.10 Å². The molecule has 0 bridgehead atoms. The Balaban J connectivity index is 1.19. The van der Waals surface area contributed by atoms with Gasteiger partial charge in [-0.2, -0.15) is 5.10 Å². The molecule has 3 aliphatic rings. The molecule has 1 amide bonds. The summed E-state index contributed by atoms with van der Waals surface area (Å²) in [6.07, 6.45) is 5.07. The van der Waals surface area contributed by atoms with Gasteiger partial charge in [0.25, 0.3) is 0 Å². The van der Waals surface area contributed by atoms with Gasteiger partial charge in [0.05, 0.1) is 17.8 Å². The number of nitrogens with one attached hydrogen (secondary N) is 3. The minimum absolute atomic E-state index is 0.0332. The van der Waals surface area contributed by atoms with Gasteiger partial charge in [-0.15, -0.1) is 0 Å². The first-order valence-corrected chi connectivity index (χ1v) is 11.9. The fourth-order valence-corrected chi connectivity index (χ4v) is 5.11. The van der Waals surface area contributed by atoms with Gasteiger partial charge in [0, 0.05) is 23.1 Å². The SMILES string of the molecule is Cc1ccc(C2CC3C4NN=C(SCC(=O)Nc5ccc(Cl)cc5)N4C=CN3N2)cc1C. The van der Waals surface area contributed by atoms with Gasteiger partial charge in [0.1, 0.15) is 6.17 Å². The van der Waals surface area contributed by atoms with E-state index in [1.54, 1.807) is 24.3 Å². The molecule has 3 N–H and O–H groups in total. The lowest BCUT2D eigenvalue weighted by Gasteiger charge is -2.36. The van der Waals surface area contributed by atoms with Crippen molar-refractivity contribution in [2.45, 2.75) is 38.5 Å². The highest BCUT2D eigenvalue weighted by atomic mass is 35.5. The lowest BCUT2D eigenvalue weighted by molar-refractivity contribution is -0.113. The van der Waals surface area contributed by atoms with Crippen molar-refractivity contribution in [3.63, 3.8) is 0 Å². The number of amides is 1. The molecule has 0 aliphatic carbocycles. The Bertz CT molecular complexity index is 1090. The number of hydrogen-bond acceptors (Lipinski definition) is 7. The number of carbonyl (C=O) groups excluding carboxylic acids is 1. The Labute approximate surface area is 196 Å². The molecule has 9 heteroatoms. The number of amidine groups is 1. The van der Waals surface area contributed by atoms with Gasteiger partial charge in [-0.3, -0.25) is 10.2 Å². The summed E-state index contributed by atoms with van der Waals surface area (Å²) in [7, 11) is 0. The van der Waals surface area contributed by atoms with Gasteiger partial charge in [-0.1, -0.05) is 41.6 Å². The van der Waals surface area contributed by atoms with Crippen LogP contribution in [-0.4, -0.2) is 38.9 Å². The van der Waals surface area contributed by atoms with Gasteiger partial charge >= 0.3 is 0 Å². The third-order valence-corrected chi connectivity index (χ3v) is 7.32. The molecule has 1 fully saturated rings. The molecule has 7 nitrogen and oxygen atoms in total. The Hall–Kier alpha value is -2.68. The highest BCUT2D eigenvalue weighted by Gasteiger charge is 2.44. The van der Waals surface area contributed by atoms with Crippen LogP contribution < -0.4 is 16.2 Å². The molecule has 3 aliphatic heterocycles. The van der Waals surface area contributed by atoms with E-state index in [2.05, 4.69) is 69.4 Å². The van der Waals surface area contributed by atoms with E-state index in [-0.39, 0.29) is 29.9 Å². The zero-order valence-corrected chi connectivity index (χ0v) is 19.5. The van der Waals surface area contributed by atoms with E-state index < -0.39 is 0 Å². The number of hydrazone groups is 1. The van der Waals surface area contributed by atoms with Crippen molar-refractivity contribution < 1.29 is 4.79 Å². The number of benzene rings is 2. The molecule has 2 aromatic carbocycles. The van der Waals surface area contributed by atoms with E-state index in [0.29, 0.717) is 5.02 Å². The normalized spacial score (nSPS) is 23.5. The number of fused-ring (bicyclic) bond motifs is 3. The van der Waals surface area contributed by atoms with Gasteiger partial charge in [0.15, 0.2) is 5.17 Å². The number of hydrogen-bond donors (Lipinski definition) is 3. The summed E-state index contributed by atoms with van der Waals surface area (Å²) in [6, 6.07) is 14.2. The van der Waals surface area contributed by atoms with Crippen LogP contribution >= 0.6 is 23.4 Å². The van der Waals surface area contributed by atoms with Crippen LogP contribution in [0.1, 0.15) is 29.2 Å². The van der Waals surface area contributed by atoms with Crippen molar-refractivity contribution in [1.29, 1.82) is 0 Å². The maximum Gasteiger partial charge on any atom is 0.234 e. The second kappa shape index (κ2) is 8.69. The van der Waals surface area contributed by atoms with Crippen molar-refractivity contribution >= 4 is 40.1 Å². The molecule has 32 heavy (non-hydrogen) atoms. The van der Waals surface area contributed by atoms with Gasteiger partial charge in [-0.05, 0) is 61.2 Å². The van der Waals surface area contributed by atoms with Crippen molar-refractivity contribution in [1.82, 2.24) is 20.8 Å². The maximum atomic E-state index is 12.4. The summed E-state index contributed by atoms with van der Waals surface area (Å²) in [5.41, 5.74) is 11.5. The van der Waals surface area contributed by atoms with Gasteiger partial charge in [-0.25, -0.2) is 5.43 Å². The summed E-state index contributed by atoms with van der Waals surface area (Å²) in [6.45, 7) is 4.29. The average Bonchev–Trinajstić information content (AvgIpc) is 3.39. The van der Waals surface area contributed by atoms with E-state index in [1.807, 2.05) is 6.20 Å². The first kappa shape index (κ1) is 21.2. The molecule has 0 aromatic heterocycles. The average molecular weight is 469 g/mol. The number of rotatable bonds is 4. The molecule has 0 radical (unpaired) electrons. The van der Waals surface area contributed by atoms with Crippen LogP contribution in [0.2, 0.25) is 5.02 Å². The second-order valence-electron chi connectivity index (χ2n) is 8.25. The smallest absolute Gasteiger partial charge is 0.234 e. The third-order valence-electron chi connectivity index (χ3n) is 6.10. The van der Waals surface area contributed by atoms with Crippen LogP contribution in [0.5, 0.6) is 0 Å². The molecule has 1 saturated heterocycles. The first-order valence-electron chi connectivity index (χ1n) is 10.6. The summed E-state index contributed by atoms with van der Waals surface area (Å²) >= 11 is 7.32. The monoisotopic (exact) mass is 468 g/mol. The minimum atomic E-state index is -0.0802. The standard InChI is InChI=1S/C23H25ClN6OS/c1-14-3-4-16(11-15(14)2)19-12-20-22-26-27-23(29(22)9-10-30(20)28-19)32-13-21(31)25-18-7-5-17(24)6-8-18/h3-11,19-20,22,26,28H,12-13H2,1-2H3,(H,25,31). The number of aryl methyl sites for hydroxylation is 2. The van der Waals surface area contributed by atoms with E-state index >= 15 is 0 Å². The highest BCUT2D eigenvalue weighted by molar-refractivity contribution is 8.14. The van der Waals surface area contributed by atoms with E-state index in [9.17, 15) is 4.79 Å². The Kier molecular flexibility index (Phi) is 5.75. The van der Waals surface area contributed by atoms with Crippen molar-refractivity contribution in [2.75, 3.05) is 11.1 Å². The molecule has 0 spiro atoms. The van der Waals surface area contributed by atoms with Crippen LogP contribution in [0.15, 0.2) is 60.0 Å². The number of halogens is 1. The van der Waals surface area contributed by atoms with Crippen molar-refractivity contribution in [3.05, 3.63) is 76.6 Å². The number of thioether (sulfide) groups is 1. The number of carbonyl (C=O) groups is 1. The summed E-state index contributed by atoms with van der Waals surface area (Å²) in [5, 5.41) is 11.0. The molecule has 0 saturated carbocycles. The first-order chi connectivity index (χ1) is 15.5. The highest BCUT2D eigenvalue weighted by Crippen LogP contribution is 2.35.